The number of carbonyl (C=O) groups is 3. The minimum absolute atomic E-state index is 0.00244. The maximum atomic E-state index is 13.6. The number of nitrogens with one attached hydrogen (secondary N) is 1. The molecule has 1 unspecified atom stereocenters. The number of carboxylic acid groups (broad SMARTS) is 1. The van der Waals surface area contributed by atoms with Gasteiger partial charge in [0.2, 0.25) is 5.91 Å². The van der Waals surface area contributed by atoms with Gasteiger partial charge in [-0.1, -0.05) is 30.3 Å². The third-order valence-electron chi connectivity index (χ3n) is 7.69. The Morgan fingerprint density at radius 3 is 2.08 bits per heavy atom. The van der Waals surface area contributed by atoms with Gasteiger partial charge in [0.15, 0.2) is 0 Å². The first-order valence-corrected chi connectivity index (χ1v) is 16.2. The second-order valence-corrected chi connectivity index (χ2v) is 11.6. The normalized spacial score (nSPS) is 11.9. The van der Waals surface area contributed by atoms with Gasteiger partial charge < -0.3 is 39.2 Å². The van der Waals surface area contributed by atoms with Crippen LogP contribution >= 0.6 is 0 Å². The molecule has 12 nitrogen and oxygen atoms in total. The number of halogens is 3. The van der Waals surface area contributed by atoms with Crippen molar-refractivity contribution in [3.05, 3.63) is 119 Å². The summed E-state index contributed by atoms with van der Waals surface area (Å²) in [5.41, 5.74) is 0.254. The first-order valence-electron chi connectivity index (χ1n) is 16.2. The maximum absolute atomic E-state index is 13.6. The van der Waals surface area contributed by atoms with Crippen molar-refractivity contribution < 1.29 is 61.5 Å². The molecule has 0 heterocycles. The molecule has 0 spiro atoms. The number of methoxy groups -OCH3 is 2. The number of esters is 1. The minimum atomic E-state index is -4.69. The van der Waals surface area contributed by atoms with E-state index in [0.29, 0.717) is 48.9 Å². The zero-order chi connectivity index (χ0) is 38.4. The van der Waals surface area contributed by atoms with E-state index >= 15 is 0 Å². The van der Waals surface area contributed by atoms with Crippen LogP contribution < -0.4 is 19.5 Å². The van der Waals surface area contributed by atoms with Crippen molar-refractivity contribution in [2.24, 2.45) is 0 Å². The number of hydrogen-bond donors (Lipinski definition) is 3. The lowest BCUT2D eigenvalue weighted by atomic mass is 10.0. The lowest BCUT2D eigenvalue weighted by Crippen LogP contribution is -2.33. The number of aliphatic carboxylic acids is 1. The summed E-state index contributed by atoms with van der Waals surface area (Å²) in [6, 6.07) is 21.9. The topological polar surface area (TPSA) is 153 Å². The molecule has 4 aromatic rings. The third-order valence-corrected chi connectivity index (χ3v) is 7.69. The van der Waals surface area contributed by atoms with Gasteiger partial charge in [-0.3, -0.25) is 14.5 Å². The number of anilines is 1. The fraction of sp³-hybridized carbons (Fsp3) is 0.289. The number of amides is 1. The van der Waals surface area contributed by atoms with E-state index in [9.17, 15) is 37.8 Å². The number of ether oxygens (including phenoxy) is 5. The van der Waals surface area contributed by atoms with Crippen LogP contribution in [0.2, 0.25) is 0 Å². The van der Waals surface area contributed by atoms with Crippen molar-refractivity contribution in [1.29, 1.82) is 0 Å². The molecule has 1 amide bonds. The van der Waals surface area contributed by atoms with E-state index in [-0.39, 0.29) is 29.3 Å². The summed E-state index contributed by atoms with van der Waals surface area (Å²) in [5, 5.41) is 23.1. The molecule has 0 aliphatic rings. The van der Waals surface area contributed by atoms with Gasteiger partial charge in [-0.15, -0.1) is 0 Å². The van der Waals surface area contributed by atoms with Crippen LogP contribution in [0.5, 0.6) is 17.2 Å². The van der Waals surface area contributed by atoms with Gasteiger partial charge in [-0.05, 0) is 77.4 Å². The zero-order valence-electron chi connectivity index (χ0n) is 28.9. The van der Waals surface area contributed by atoms with Crippen molar-refractivity contribution in [1.82, 2.24) is 4.90 Å². The fourth-order valence-corrected chi connectivity index (χ4v) is 5.04. The molecule has 0 aliphatic heterocycles. The highest BCUT2D eigenvalue weighted by molar-refractivity contribution is 5.92. The van der Waals surface area contributed by atoms with Gasteiger partial charge in [0.1, 0.15) is 30.1 Å². The number of aliphatic hydroxyl groups is 1. The summed E-state index contributed by atoms with van der Waals surface area (Å²) in [5.74, 6) is -1.67. The Balaban J connectivity index is 1.32. The molecule has 0 saturated carbocycles. The summed E-state index contributed by atoms with van der Waals surface area (Å²) in [7, 11) is 2.83. The first kappa shape index (κ1) is 40.3. The number of aliphatic hydroxyl groups excluding tert-OH is 1. The smallest absolute Gasteiger partial charge is 0.416 e. The first-order chi connectivity index (χ1) is 25.4. The van der Waals surface area contributed by atoms with E-state index in [2.05, 4.69) is 5.32 Å². The summed E-state index contributed by atoms with van der Waals surface area (Å²) in [4.78, 5) is 38.3. The standard InChI is InChI=1S/C38H39F3N2O10/c1-49-17-18-51-19-20-52-30-14-7-27(8-15-30)37(48)53-31-12-3-25(4-13-31)23-43(24-35(45)46)36(47)26-5-10-29(11-6-26)42-34(44)21-28-9-16-32(50-2)22-33(28)38(39,40)41/h3-16,22,36,47H,17-21,23-24H2,1-2H3,(H,42,44)(H,45,46). The molecule has 0 radical (unpaired) electrons. The molecule has 3 N–H and O–H groups in total. The van der Waals surface area contributed by atoms with Crippen molar-refractivity contribution >= 4 is 23.5 Å². The second-order valence-electron chi connectivity index (χ2n) is 11.6. The molecule has 0 bridgehead atoms. The molecular formula is C38H39F3N2O10. The number of hydrogen-bond acceptors (Lipinski definition) is 10. The lowest BCUT2D eigenvalue weighted by molar-refractivity contribution is -0.142. The van der Waals surface area contributed by atoms with Crippen molar-refractivity contribution in [3.63, 3.8) is 0 Å². The van der Waals surface area contributed by atoms with E-state index in [1.807, 2.05) is 0 Å². The van der Waals surface area contributed by atoms with Gasteiger partial charge in [0.25, 0.3) is 0 Å². The van der Waals surface area contributed by atoms with Crippen LogP contribution in [0.15, 0.2) is 91.0 Å². The molecule has 53 heavy (non-hydrogen) atoms. The molecule has 4 rings (SSSR count). The molecule has 1 atom stereocenters. The van der Waals surface area contributed by atoms with Crippen LogP contribution in [0.3, 0.4) is 0 Å². The average molecular weight is 741 g/mol. The van der Waals surface area contributed by atoms with Crippen LogP contribution in [-0.4, -0.2) is 80.2 Å². The number of alkyl halides is 3. The van der Waals surface area contributed by atoms with Crippen molar-refractivity contribution in [2.45, 2.75) is 25.4 Å². The van der Waals surface area contributed by atoms with Gasteiger partial charge in [-0.2, -0.15) is 13.2 Å². The number of rotatable bonds is 19. The Morgan fingerprint density at radius 1 is 0.811 bits per heavy atom. The van der Waals surface area contributed by atoms with E-state index in [1.54, 1.807) is 55.6 Å². The largest absolute Gasteiger partial charge is 0.497 e. The quantitative estimate of drug-likeness (QED) is 0.0468. The Hall–Kier alpha value is -5.48. The summed E-state index contributed by atoms with van der Waals surface area (Å²) in [6.45, 7) is 1.15. The molecule has 0 saturated heterocycles. The lowest BCUT2D eigenvalue weighted by Gasteiger charge is -2.27. The Kier molecular flexibility index (Phi) is 14.7. The second kappa shape index (κ2) is 19.4. The predicted octanol–water partition coefficient (Wildman–Crippen LogP) is 5.73. The van der Waals surface area contributed by atoms with Crippen molar-refractivity contribution in [3.8, 4) is 17.2 Å². The van der Waals surface area contributed by atoms with Gasteiger partial charge in [0.05, 0.1) is 51.0 Å². The van der Waals surface area contributed by atoms with Crippen molar-refractivity contribution in [2.75, 3.05) is 52.5 Å². The van der Waals surface area contributed by atoms with Crippen LogP contribution in [0, 0.1) is 0 Å². The zero-order valence-corrected chi connectivity index (χ0v) is 28.9. The molecule has 0 aromatic heterocycles. The Bertz CT molecular complexity index is 1800. The van der Waals surface area contributed by atoms with Crippen LogP contribution in [0.1, 0.15) is 38.8 Å². The van der Waals surface area contributed by atoms with Gasteiger partial charge >= 0.3 is 18.1 Å². The Morgan fingerprint density at radius 2 is 1.45 bits per heavy atom. The van der Waals surface area contributed by atoms with Crippen LogP contribution in [-0.2, 0) is 38.2 Å². The van der Waals surface area contributed by atoms with Crippen LogP contribution in [0.4, 0.5) is 18.9 Å². The van der Waals surface area contributed by atoms with Crippen LogP contribution in [0.25, 0.3) is 0 Å². The fourth-order valence-electron chi connectivity index (χ4n) is 5.04. The minimum Gasteiger partial charge on any atom is -0.497 e. The monoisotopic (exact) mass is 740 g/mol. The summed E-state index contributed by atoms with van der Waals surface area (Å²) >= 11 is 0. The van der Waals surface area contributed by atoms with E-state index in [1.165, 1.54) is 48.4 Å². The number of carboxylic acids is 1. The highest BCUT2D eigenvalue weighted by Gasteiger charge is 2.34. The summed E-state index contributed by atoms with van der Waals surface area (Å²) < 4.78 is 66.8. The molecule has 15 heteroatoms. The predicted molar refractivity (Wildman–Crippen MR) is 186 cm³/mol. The maximum Gasteiger partial charge on any atom is 0.416 e. The molecule has 0 aliphatic carbocycles. The highest BCUT2D eigenvalue weighted by Crippen LogP contribution is 2.35. The molecule has 0 fully saturated rings. The van der Waals surface area contributed by atoms with E-state index in [0.717, 1.165) is 6.07 Å². The molecular weight excluding hydrogens is 701 g/mol. The SMILES string of the molecule is COCCOCCOc1ccc(C(=O)Oc2ccc(CN(CC(=O)O)C(O)c3ccc(NC(=O)Cc4ccc(OC)cc4C(F)(F)F)cc3)cc2)cc1. The number of nitrogens with zero attached hydrogens (tertiary/aromatic N) is 1. The molecule has 282 valence electrons. The average Bonchev–Trinajstić information content (AvgIpc) is 3.13. The van der Waals surface area contributed by atoms with E-state index < -0.39 is 48.8 Å². The number of benzene rings is 4. The summed E-state index contributed by atoms with van der Waals surface area (Å²) in [6.07, 6.45) is -6.62. The Labute approximate surface area is 303 Å². The van der Waals surface area contributed by atoms with Gasteiger partial charge in [0, 0.05) is 19.3 Å². The molecule has 4 aromatic carbocycles. The number of carbonyl (C=O) groups excluding carboxylic acids is 2. The highest BCUT2D eigenvalue weighted by atomic mass is 19.4. The third kappa shape index (κ3) is 12.6. The van der Waals surface area contributed by atoms with E-state index in [4.69, 9.17) is 23.7 Å². The van der Waals surface area contributed by atoms with Gasteiger partial charge in [-0.25, -0.2) is 4.79 Å².